The molecule has 5 rings (SSSR count). The molecule has 0 radical (unpaired) electrons. The first kappa shape index (κ1) is 28.2. The Bertz CT molecular complexity index is 1770. The van der Waals surface area contributed by atoms with Gasteiger partial charge >= 0.3 is 0 Å². The number of benzene rings is 3. The third-order valence-electron chi connectivity index (χ3n) is 6.53. The Balaban J connectivity index is 1.36. The number of aromatic nitrogens is 2. The van der Waals surface area contributed by atoms with Gasteiger partial charge in [0.05, 0.1) is 10.7 Å². The lowest BCUT2D eigenvalue weighted by molar-refractivity contribution is -0.115. The minimum Gasteiger partial charge on any atom is -0.486 e. The summed E-state index contributed by atoms with van der Waals surface area (Å²) in [5, 5.41) is 3.37. The number of para-hydroxylation sites is 1. The summed E-state index contributed by atoms with van der Waals surface area (Å²) in [4.78, 5) is 29.2. The second kappa shape index (κ2) is 12.0. The van der Waals surface area contributed by atoms with Gasteiger partial charge in [0.1, 0.15) is 18.4 Å². The summed E-state index contributed by atoms with van der Waals surface area (Å²) in [5.41, 5.74) is 10.6. The molecule has 0 aliphatic rings. The fraction of sp³-hybridized carbons (Fsp3) is 0.129. The van der Waals surface area contributed by atoms with Crippen LogP contribution < -0.4 is 15.8 Å². The minimum atomic E-state index is -0.953. The van der Waals surface area contributed by atoms with Crippen LogP contribution in [0.3, 0.4) is 0 Å². The molecule has 0 saturated heterocycles. The van der Waals surface area contributed by atoms with Gasteiger partial charge in [0.2, 0.25) is 0 Å². The van der Waals surface area contributed by atoms with Crippen molar-refractivity contribution in [2.75, 3.05) is 7.05 Å². The zero-order chi connectivity index (χ0) is 29.1. The lowest BCUT2D eigenvalue weighted by atomic mass is 10.1. The topological polar surface area (TPSA) is 112 Å². The molecule has 0 saturated carbocycles. The van der Waals surface area contributed by atoms with Gasteiger partial charge in [-0.2, -0.15) is 0 Å². The molecule has 0 spiro atoms. The van der Waals surface area contributed by atoms with Gasteiger partial charge in [0, 0.05) is 42.0 Å². The van der Waals surface area contributed by atoms with Crippen LogP contribution in [0, 0.1) is 6.92 Å². The number of hydrogen-bond acceptors (Lipinski definition) is 6. The van der Waals surface area contributed by atoms with Gasteiger partial charge in [-0.3, -0.25) is 9.59 Å². The summed E-state index contributed by atoms with van der Waals surface area (Å²) in [6.45, 7) is 1.85. The van der Waals surface area contributed by atoms with Gasteiger partial charge in [-0.15, -0.1) is 0 Å². The number of ether oxygens (including phenoxy) is 1. The van der Waals surface area contributed by atoms with Crippen molar-refractivity contribution in [2.45, 2.75) is 19.6 Å². The first-order valence-electron chi connectivity index (χ1n) is 12.7. The van der Waals surface area contributed by atoms with Crippen molar-refractivity contribution >= 4 is 52.1 Å². The van der Waals surface area contributed by atoms with E-state index in [1.165, 1.54) is 6.08 Å². The third-order valence-corrected chi connectivity index (χ3v) is 7.31. The Morgan fingerprint density at radius 1 is 1.10 bits per heavy atom. The summed E-state index contributed by atoms with van der Waals surface area (Å²) < 4.78 is 13.4. The number of nitrogens with one attached hydrogen (secondary N) is 1. The maximum absolute atomic E-state index is 13.0. The highest BCUT2D eigenvalue weighted by atomic mass is 35.5. The third kappa shape index (κ3) is 5.90. The number of rotatable bonds is 9. The van der Waals surface area contributed by atoms with E-state index >= 15 is 0 Å². The van der Waals surface area contributed by atoms with Crippen molar-refractivity contribution in [1.29, 1.82) is 0 Å². The van der Waals surface area contributed by atoms with Crippen LogP contribution in [0.4, 0.5) is 0 Å². The molecule has 1 amide bonds. The first-order chi connectivity index (χ1) is 19.8. The maximum Gasteiger partial charge on any atom is 0.251 e. The number of amides is 1. The van der Waals surface area contributed by atoms with E-state index < -0.39 is 6.04 Å². The Labute approximate surface area is 246 Å². The van der Waals surface area contributed by atoms with Crippen LogP contribution in [0.1, 0.15) is 39.1 Å². The molecule has 10 heteroatoms. The Kier molecular flexibility index (Phi) is 8.26. The van der Waals surface area contributed by atoms with Crippen LogP contribution in [0.2, 0.25) is 10.0 Å². The molecule has 1 unspecified atom stereocenters. The number of carbonyl (C=O) groups excluding carboxylic acids is 2. The SMILES string of the molecule is CNC(=O)c1ccc(/C=C/C(=O)C(N)c2cccn2-c2ccc(Cl)c(COc3cccc4oc(C)nc34)c2Cl)cc1. The highest BCUT2D eigenvalue weighted by Crippen LogP contribution is 2.34. The van der Waals surface area contributed by atoms with Crippen LogP contribution in [0.25, 0.3) is 22.9 Å². The van der Waals surface area contributed by atoms with Crippen molar-refractivity contribution in [2.24, 2.45) is 5.73 Å². The average molecular weight is 589 g/mol. The van der Waals surface area contributed by atoms with E-state index in [-0.39, 0.29) is 18.3 Å². The van der Waals surface area contributed by atoms with Gasteiger partial charge in [-0.25, -0.2) is 4.98 Å². The number of aryl methyl sites for hydroxylation is 1. The molecule has 3 N–H and O–H groups in total. The van der Waals surface area contributed by atoms with Gasteiger partial charge in [0.25, 0.3) is 5.91 Å². The molecule has 0 fully saturated rings. The molecule has 0 aliphatic heterocycles. The number of oxazole rings is 1. The van der Waals surface area contributed by atoms with Gasteiger partial charge in [0.15, 0.2) is 22.8 Å². The first-order valence-corrected chi connectivity index (χ1v) is 13.5. The molecule has 2 heterocycles. The van der Waals surface area contributed by atoms with E-state index in [9.17, 15) is 9.59 Å². The second-order valence-electron chi connectivity index (χ2n) is 9.20. The molecule has 8 nitrogen and oxygen atoms in total. The number of hydrogen-bond donors (Lipinski definition) is 2. The highest BCUT2D eigenvalue weighted by Gasteiger charge is 2.21. The van der Waals surface area contributed by atoms with E-state index in [0.717, 1.165) is 5.56 Å². The quantitative estimate of drug-likeness (QED) is 0.191. The zero-order valence-corrected chi connectivity index (χ0v) is 23.7. The van der Waals surface area contributed by atoms with Crippen molar-refractivity contribution in [1.82, 2.24) is 14.9 Å². The van der Waals surface area contributed by atoms with Crippen molar-refractivity contribution in [3.05, 3.63) is 117 Å². The van der Waals surface area contributed by atoms with Crippen LogP contribution in [-0.2, 0) is 11.4 Å². The number of nitrogens with zero attached hydrogens (tertiary/aromatic N) is 2. The summed E-state index contributed by atoms with van der Waals surface area (Å²) >= 11 is 13.4. The monoisotopic (exact) mass is 588 g/mol. The Hall–Kier alpha value is -4.37. The van der Waals surface area contributed by atoms with E-state index in [1.54, 1.807) is 85.4 Å². The molecular weight excluding hydrogens is 563 g/mol. The molecule has 0 bridgehead atoms. The van der Waals surface area contributed by atoms with E-state index in [1.807, 2.05) is 12.1 Å². The van der Waals surface area contributed by atoms with Crippen LogP contribution in [0.5, 0.6) is 5.75 Å². The largest absolute Gasteiger partial charge is 0.486 e. The number of halogens is 2. The molecule has 41 heavy (non-hydrogen) atoms. The highest BCUT2D eigenvalue weighted by molar-refractivity contribution is 6.37. The molecule has 0 aliphatic carbocycles. The predicted octanol–water partition coefficient (Wildman–Crippen LogP) is 6.45. The lowest BCUT2D eigenvalue weighted by Crippen LogP contribution is -2.22. The Morgan fingerprint density at radius 3 is 2.63 bits per heavy atom. The standard InChI is InChI=1S/C31H26Cl2N4O4/c1-18-36-30-26(6-3-7-27(30)41-18)40-17-21-22(32)13-14-23(28(21)33)37-16-4-5-24(37)29(34)25(38)15-10-19-8-11-20(12-9-19)31(39)35-2/h3-16,29H,17,34H2,1-2H3,(H,35,39)/b15-10+. The number of nitrogens with two attached hydrogens (primary N) is 1. The van der Waals surface area contributed by atoms with Gasteiger partial charge in [-0.05, 0) is 60.2 Å². The Morgan fingerprint density at radius 2 is 1.88 bits per heavy atom. The normalized spacial score (nSPS) is 12.1. The predicted molar refractivity (Wildman–Crippen MR) is 160 cm³/mol. The van der Waals surface area contributed by atoms with Gasteiger partial charge in [-0.1, -0.05) is 47.5 Å². The van der Waals surface area contributed by atoms with E-state index in [0.29, 0.717) is 55.3 Å². The van der Waals surface area contributed by atoms with Crippen molar-refractivity contribution in [3.8, 4) is 11.4 Å². The molecule has 3 aromatic carbocycles. The molecule has 1 atom stereocenters. The minimum absolute atomic E-state index is 0.0829. The second-order valence-corrected chi connectivity index (χ2v) is 9.99. The van der Waals surface area contributed by atoms with Crippen molar-refractivity contribution in [3.63, 3.8) is 0 Å². The van der Waals surface area contributed by atoms with Crippen LogP contribution >= 0.6 is 23.2 Å². The number of ketones is 1. The smallest absolute Gasteiger partial charge is 0.251 e. The number of fused-ring (bicyclic) bond motifs is 1. The molecular formula is C31H26Cl2N4O4. The summed E-state index contributed by atoms with van der Waals surface area (Å²) in [5.74, 6) is 0.595. The average Bonchev–Trinajstić information content (AvgIpc) is 3.62. The van der Waals surface area contributed by atoms with E-state index in [2.05, 4.69) is 10.3 Å². The zero-order valence-electron chi connectivity index (χ0n) is 22.2. The lowest BCUT2D eigenvalue weighted by Gasteiger charge is -2.18. The molecule has 208 valence electrons. The van der Waals surface area contributed by atoms with Gasteiger partial charge < -0.3 is 24.8 Å². The summed E-state index contributed by atoms with van der Waals surface area (Å²) in [6.07, 6.45) is 4.86. The maximum atomic E-state index is 13.0. The van der Waals surface area contributed by atoms with Crippen LogP contribution in [0.15, 0.2) is 83.4 Å². The summed E-state index contributed by atoms with van der Waals surface area (Å²) in [6, 6.07) is 18.4. The van der Waals surface area contributed by atoms with E-state index in [4.69, 9.17) is 38.1 Å². The fourth-order valence-electron chi connectivity index (χ4n) is 4.39. The van der Waals surface area contributed by atoms with Crippen LogP contribution in [-0.4, -0.2) is 28.3 Å². The fourth-order valence-corrected chi connectivity index (χ4v) is 4.96. The summed E-state index contributed by atoms with van der Waals surface area (Å²) in [7, 11) is 1.57. The number of carbonyl (C=O) groups is 2. The molecule has 5 aromatic rings. The molecule has 2 aromatic heterocycles. The van der Waals surface area contributed by atoms with Crippen molar-refractivity contribution < 1.29 is 18.7 Å².